The average Bonchev–Trinajstić information content (AvgIpc) is 2.64. The first-order chi connectivity index (χ1) is 13.2. The van der Waals surface area contributed by atoms with E-state index in [0.29, 0.717) is 11.1 Å². The molecule has 0 unspecified atom stereocenters. The summed E-state index contributed by atoms with van der Waals surface area (Å²) in [5.41, 5.74) is 1.22. The largest absolute Gasteiger partial charge is 0.507 e. The van der Waals surface area contributed by atoms with E-state index < -0.39 is 14.9 Å². The number of rotatable bonds is 8. The lowest BCUT2D eigenvalue weighted by molar-refractivity contribution is -0.385. The molecule has 0 aliphatic rings. The molecule has 2 aromatic carbocycles. The minimum atomic E-state index is -4.09. The fourth-order valence-corrected chi connectivity index (χ4v) is 3.41. The third-order valence-electron chi connectivity index (χ3n) is 4.21. The van der Waals surface area contributed by atoms with Crippen LogP contribution < -0.4 is 9.73 Å². The molecule has 2 aromatic rings. The normalized spacial score (nSPS) is 11.5. The fourth-order valence-electron chi connectivity index (χ4n) is 2.60. The number of aryl methyl sites for hydroxylation is 1. The number of hydrogen-bond acceptors (Lipinski definition) is 7. The van der Waals surface area contributed by atoms with Crippen LogP contribution in [0.15, 0.2) is 46.4 Å². The van der Waals surface area contributed by atoms with Crippen LogP contribution in [0.1, 0.15) is 25.0 Å². The summed E-state index contributed by atoms with van der Waals surface area (Å²) < 4.78 is 24.6. The van der Waals surface area contributed by atoms with E-state index in [-0.39, 0.29) is 16.3 Å². The SMILES string of the molecule is CCN(CC)c1ccc(C=NNS(=O)(=O)c2ccc(C)c([N+](=O)[O-])c2)c(O)c1. The molecule has 0 spiro atoms. The molecule has 150 valence electrons. The Labute approximate surface area is 163 Å². The number of phenols is 1. The predicted molar refractivity (Wildman–Crippen MR) is 107 cm³/mol. The van der Waals surface area contributed by atoms with Crippen LogP contribution >= 0.6 is 0 Å². The molecule has 0 saturated heterocycles. The minimum absolute atomic E-state index is 0.0432. The summed E-state index contributed by atoms with van der Waals surface area (Å²) >= 11 is 0. The standard InChI is InChI=1S/C18H22N4O5S/c1-4-21(5-2)15-8-7-14(18(23)10-15)12-19-20-28(26,27)16-9-6-13(3)17(11-16)22(24)25/h6-12,20,23H,4-5H2,1-3H3. The smallest absolute Gasteiger partial charge is 0.276 e. The van der Waals surface area contributed by atoms with Crippen molar-refractivity contribution in [3.63, 3.8) is 0 Å². The zero-order valence-corrected chi connectivity index (χ0v) is 16.6. The van der Waals surface area contributed by atoms with Gasteiger partial charge in [0.05, 0.1) is 16.0 Å². The Balaban J connectivity index is 2.20. The van der Waals surface area contributed by atoms with Crippen molar-refractivity contribution in [1.82, 2.24) is 4.83 Å². The zero-order chi connectivity index (χ0) is 20.9. The second kappa shape index (κ2) is 8.70. The van der Waals surface area contributed by atoms with E-state index in [1.165, 1.54) is 25.3 Å². The maximum Gasteiger partial charge on any atom is 0.276 e. The molecule has 0 heterocycles. The zero-order valence-electron chi connectivity index (χ0n) is 15.8. The van der Waals surface area contributed by atoms with Gasteiger partial charge in [0.2, 0.25) is 0 Å². The van der Waals surface area contributed by atoms with Gasteiger partial charge in [-0.05, 0) is 39.0 Å². The van der Waals surface area contributed by atoms with Gasteiger partial charge in [0, 0.05) is 42.0 Å². The van der Waals surface area contributed by atoms with Gasteiger partial charge < -0.3 is 10.0 Å². The maximum atomic E-state index is 12.3. The first-order valence-corrected chi connectivity index (χ1v) is 10.1. The lowest BCUT2D eigenvalue weighted by atomic mass is 10.2. The number of nitrogens with one attached hydrogen (secondary N) is 1. The number of anilines is 1. The highest BCUT2D eigenvalue weighted by Crippen LogP contribution is 2.24. The van der Waals surface area contributed by atoms with Crippen molar-refractivity contribution in [1.29, 1.82) is 0 Å². The third-order valence-corrected chi connectivity index (χ3v) is 5.43. The van der Waals surface area contributed by atoms with Crippen LogP contribution in [0.2, 0.25) is 0 Å². The van der Waals surface area contributed by atoms with Gasteiger partial charge in [0.1, 0.15) is 5.75 Å². The molecule has 0 aliphatic heterocycles. The number of nitro groups is 1. The van der Waals surface area contributed by atoms with Gasteiger partial charge in [0.15, 0.2) is 0 Å². The lowest BCUT2D eigenvalue weighted by Gasteiger charge is -2.21. The second-order valence-electron chi connectivity index (χ2n) is 5.97. The van der Waals surface area contributed by atoms with Gasteiger partial charge in [-0.2, -0.15) is 13.5 Å². The van der Waals surface area contributed by atoms with Gasteiger partial charge >= 0.3 is 0 Å². The predicted octanol–water partition coefficient (Wildman–Crippen LogP) is 2.77. The third kappa shape index (κ3) is 4.77. The summed E-state index contributed by atoms with van der Waals surface area (Å²) in [6.07, 6.45) is 1.17. The van der Waals surface area contributed by atoms with Crippen LogP contribution in [0.25, 0.3) is 0 Å². The lowest BCUT2D eigenvalue weighted by Crippen LogP contribution is -2.21. The molecule has 0 saturated carbocycles. The van der Waals surface area contributed by atoms with Crippen molar-refractivity contribution in [2.75, 3.05) is 18.0 Å². The minimum Gasteiger partial charge on any atom is -0.507 e. The van der Waals surface area contributed by atoms with Gasteiger partial charge in [-0.3, -0.25) is 10.1 Å². The number of benzene rings is 2. The quantitative estimate of drug-likeness (QED) is 0.394. The Morgan fingerprint density at radius 2 is 1.89 bits per heavy atom. The molecule has 2 rings (SSSR count). The van der Waals surface area contributed by atoms with E-state index in [4.69, 9.17) is 0 Å². The van der Waals surface area contributed by atoms with Crippen LogP contribution in [-0.4, -0.2) is 37.8 Å². The Morgan fingerprint density at radius 3 is 2.46 bits per heavy atom. The number of sulfonamides is 1. The first-order valence-electron chi connectivity index (χ1n) is 8.57. The Morgan fingerprint density at radius 1 is 1.21 bits per heavy atom. The fraction of sp³-hybridized carbons (Fsp3) is 0.278. The molecule has 10 heteroatoms. The van der Waals surface area contributed by atoms with Gasteiger partial charge in [-0.1, -0.05) is 6.07 Å². The molecule has 0 aliphatic carbocycles. The highest BCUT2D eigenvalue weighted by Gasteiger charge is 2.19. The molecule has 0 atom stereocenters. The van der Waals surface area contributed by atoms with Crippen molar-refractivity contribution in [2.24, 2.45) is 5.10 Å². The molecule has 2 N–H and O–H groups in total. The average molecular weight is 406 g/mol. The van der Waals surface area contributed by atoms with E-state index >= 15 is 0 Å². The van der Waals surface area contributed by atoms with Crippen LogP contribution in [-0.2, 0) is 10.0 Å². The summed E-state index contributed by atoms with van der Waals surface area (Å²) in [4.78, 5) is 14.1. The van der Waals surface area contributed by atoms with Crippen LogP contribution in [0.5, 0.6) is 5.75 Å². The Hall–Kier alpha value is -3.14. The van der Waals surface area contributed by atoms with Crippen molar-refractivity contribution in [2.45, 2.75) is 25.7 Å². The Kier molecular flexibility index (Phi) is 6.57. The Bertz CT molecular complexity index is 1000. The van der Waals surface area contributed by atoms with E-state index in [1.807, 2.05) is 23.6 Å². The number of nitrogens with zero attached hydrogens (tertiary/aromatic N) is 3. The molecule has 0 radical (unpaired) electrons. The highest BCUT2D eigenvalue weighted by molar-refractivity contribution is 7.89. The number of aromatic hydroxyl groups is 1. The van der Waals surface area contributed by atoms with Crippen molar-refractivity contribution < 1.29 is 18.4 Å². The van der Waals surface area contributed by atoms with Crippen LogP contribution in [0, 0.1) is 17.0 Å². The van der Waals surface area contributed by atoms with E-state index in [2.05, 4.69) is 5.10 Å². The molecule has 28 heavy (non-hydrogen) atoms. The van der Waals surface area contributed by atoms with Gasteiger partial charge in [-0.25, -0.2) is 4.83 Å². The number of hydrogen-bond donors (Lipinski definition) is 2. The molecule has 0 fully saturated rings. The molecule has 0 bridgehead atoms. The summed E-state index contributed by atoms with van der Waals surface area (Å²) in [6.45, 7) is 7.09. The van der Waals surface area contributed by atoms with E-state index in [9.17, 15) is 23.6 Å². The van der Waals surface area contributed by atoms with Crippen LogP contribution in [0.4, 0.5) is 11.4 Å². The topological polar surface area (TPSA) is 125 Å². The van der Waals surface area contributed by atoms with E-state index in [0.717, 1.165) is 24.8 Å². The number of hydrazone groups is 1. The van der Waals surface area contributed by atoms with E-state index in [1.54, 1.807) is 18.2 Å². The van der Waals surface area contributed by atoms with Crippen molar-refractivity contribution >= 4 is 27.6 Å². The molecule has 9 nitrogen and oxygen atoms in total. The summed E-state index contributed by atoms with van der Waals surface area (Å²) in [5, 5.41) is 24.8. The van der Waals surface area contributed by atoms with Gasteiger partial charge in [-0.15, -0.1) is 0 Å². The molecule has 0 amide bonds. The first kappa shape index (κ1) is 21.2. The van der Waals surface area contributed by atoms with Crippen molar-refractivity contribution in [3.05, 3.63) is 57.6 Å². The molecular weight excluding hydrogens is 384 g/mol. The van der Waals surface area contributed by atoms with Crippen LogP contribution in [0.3, 0.4) is 0 Å². The molecular formula is C18H22N4O5S. The second-order valence-corrected chi connectivity index (χ2v) is 7.63. The van der Waals surface area contributed by atoms with Gasteiger partial charge in [0.25, 0.3) is 15.7 Å². The maximum absolute atomic E-state index is 12.3. The number of phenolic OH excluding ortho intramolecular Hbond substituents is 1. The number of nitro benzene ring substituents is 1. The summed E-state index contributed by atoms with van der Waals surface area (Å²) in [7, 11) is -4.09. The summed E-state index contributed by atoms with van der Waals surface area (Å²) in [6, 6.07) is 8.59. The monoisotopic (exact) mass is 406 g/mol. The highest BCUT2D eigenvalue weighted by atomic mass is 32.2. The molecule has 0 aromatic heterocycles. The van der Waals surface area contributed by atoms with Crippen molar-refractivity contribution in [3.8, 4) is 5.75 Å². The summed E-state index contributed by atoms with van der Waals surface area (Å²) in [5.74, 6) is -0.0432.